The van der Waals surface area contributed by atoms with Crippen molar-refractivity contribution in [1.82, 2.24) is 33.7 Å². The Balaban J connectivity index is 1.39. The van der Waals surface area contributed by atoms with Gasteiger partial charge in [-0.15, -0.1) is 0 Å². The first-order chi connectivity index (χ1) is 19.2. The summed E-state index contributed by atoms with van der Waals surface area (Å²) in [5.74, 6) is 0.989. The molecule has 0 spiro atoms. The molecule has 206 valence electrons. The summed E-state index contributed by atoms with van der Waals surface area (Å²) in [6.07, 6.45) is 1.67. The van der Waals surface area contributed by atoms with Gasteiger partial charge in [0.2, 0.25) is 5.88 Å². The van der Waals surface area contributed by atoms with Crippen LogP contribution in [0.5, 0.6) is 5.88 Å². The molecule has 9 nitrogen and oxygen atoms in total. The third kappa shape index (κ3) is 4.42. The van der Waals surface area contributed by atoms with Crippen LogP contribution in [0.25, 0.3) is 28.3 Å². The fourth-order valence-electron chi connectivity index (χ4n) is 5.04. The Morgan fingerprint density at radius 2 is 1.88 bits per heavy atom. The maximum atomic E-state index is 13.2. The molecular weight excluding hydrogens is 523 g/mol. The Morgan fingerprint density at radius 1 is 1.12 bits per heavy atom. The van der Waals surface area contributed by atoms with Crippen molar-refractivity contribution in [1.29, 1.82) is 0 Å². The molecular formula is C28H26F3N7O2. The summed E-state index contributed by atoms with van der Waals surface area (Å²) in [6.45, 7) is 4.00. The third-order valence-corrected chi connectivity index (χ3v) is 7.26. The van der Waals surface area contributed by atoms with E-state index in [0.29, 0.717) is 35.2 Å². The summed E-state index contributed by atoms with van der Waals surface area (Å²) in [6, 6.07) is 9.93. The zero-order valence-electron chi connectivity index (χ0n) is 22.1. The third-order valence-electron chi connectivity index (χ3n) is 7.26. The minimum atomic E-state index is -4.52. The van der Waals surface area contributed by atoms with Crippen molar-refractivity contribution >= 4 is 5.65 Å². The molecule has 4 heterocycles. The number of alkyl halides is 3. The smallest absolute Gasteiger partial charge is 0.434 e. The maximum Gasteiger partial charge on any atom is 0.434 e. The topological polar surface area (TPSA) is 92.1 Å². The van der Waals surface area contributed by atoms with Crippen molar-refractivity contribution in [3.63, 3.8) is 0 Å². The number of fused-ring (bicyclic) bond motifs is 1. The molecule has 0 unspecified atom stereocenters. The number of ether oxygens (including phenoxy) is 1. The van der Waals surface area contributed by atoms with Crippen molar-refractivity contribution in [2.45, 2.75) is 51.4 Å². The van der Waals surface area contributed by atoms with Crippen LogP contribution in [0.2, 0.25) is 0 Å². The summed E-state index contributed by atoms with van der Waals surface area (Å²) < 4.78 is 50.0. The van der Waals surface area contributed by atoms with Crippen LogP contribution in [0.1, 0.15) is 55.6 Å². The minimum Gasteiger partial charge on any atom is -0.480 e. The molecule has 0 amide bonds. The summed E-state index contributed by atoms with van der Waals surface area (Å²) in [5.41, 5.74) is 2.98. The Hall–Kier alpha value is -4.48. The Kier molecular flexibility index (Phi) is 6.20. The molecule has 5 aromatic rings. The van der Waals surface area contributed by atoms with E-state index in [0.717, 1.165) is 35.9 Å². The van der Waals surface area contributed by atoms with Crippen LogP contribution in [0.15, 0.2) is 59.9 Å². The van der Waals surface area contributed by atoms with Crippen molar-refractivity contribution in [2.75, 3.05) is 7.11 Å². The van der Waals surface area contributed by atoms with E-state index in [2.05, 4.69) is 15.0 Å². The summed E-state index contributed by atoms with van der Waals surface area (Å²) >= 11 is 0. The number of halogens is 3. The monoisotopic (exact) mass is 549 g/mol. The van der Waals surface area contributed by atoms with E-state index in [1.54, 1.807) is 53.6 Å². The SMILES string of the molecule is CCn1cc(C(F)(F)F)nc1-c1ccc([C@H](C)n2c(=O)ccn3nc(-c4c(OC)ncnc4C4CC4)cc23)cc1. The zero-order valence-corrected chi connectivity index (χ0v) is 22.1. The summed E-state index contributed by atoms with van der Waals surface area (Å²) in [7, 11) is 1.55. The standard InChI is InChI=1S/C28H26F3N7O2/c1-4-36-14-21(28(29,30)31)34-26(36)19-9-5-17(6-10-19)16(2)38-22-13-20(35-37(22)12-11-23(38)39)24-25(18-7-8-18)32-15-33-27(24)40-3/h5-6,9-16,18H,4,7-8H2,1-3H3/t16-/m0/s1. The average molecular weight is 550 g/mol. The first-order valence-corrected chi connectivity index (χ1v) is 12.9. The van der Waals surface area contributed by atoms with Gasteiger partial charge >= 0.3 is 6.18 Å². The highest BCUT2D eigenvalue weighted by Gasteiger charge is 2.35. The molecule has 1 aromatic carbocycles. The Morgan fingerprint density at radius 3 is 2.52 bits per heavy atom. The fourth-order valence-corrected chi connectivity index (χ4v) is 5.04. The van der Waals surface area contributed by atoms with Gasteiger partial charge in [0.05, 0.1) is 24.4 Å². The number of aryl methyl sites for hydroxylation is 1. The number of nitrogens with zero attached hydrogens (tertiary/aromatic N) is 7. The number of imidazole rings is 1. The predicted molar refractivity (Wildman–Crippen MR) is 141 cm³/mol. The van der Waals surface area contributed by atoms with Gasteiger partial charge in [0.25, 0.3) is 5.56 Å². The lowest BCUT2D eigenvalue weighted by molar-refractivity contribution is -0.140. The van der Waals surface area contributed by atoms with E-state index in [1.807, 2.05) is 13.0 Å². The van der Waals surface area contributed by atoms with E-state index >= 15 is 0 Å². The molecule has 1 fully saturated rings. The van der Waals surface area contributed by atoms with Gasteiger partial charge in [-0.05, 0) is 32.3 Å². The second-order valence-corrected chi connectivity index (χ2v) is 9.81. The Bertz CT molecular complexity index is 1770. The van der Waals surface area contributed by atoms with Gasteiger partial charge < -0.3 is 9.30 Å². The largest absolute Gasteiger partial charge is 0.480 e. The van der Waals surface area contributed by atoms with Crippen molar-refractivity contribution < 1.29 is 17.9 Å². The first kappa shape index (κ1) is 25.8. The van der Waals surface area contributed by atoms with E-state index in [4.69, 9.17) is 9.84 Å². The van der Waals surface area contributed by atoms with Gasteiger partial charge in [-0.2, -0.15) is 18.3 Å². The van der Waals surface area contributed by atoms with Crippen LogP contribution in [-0.4, -0.2) is 40.8 Å². The molecule has 1 saturated carbocycles. The molecule has 0 N–H and O–H groups in total. The highest BCUT2D eigenvalue weighted by Crippen LogP contribution is 2.45. The normalized spacial score (nSPS) is 14.6. The number of hydrogen-bond acceptors (Lipinski definition) is 6. The molecule has 0 bridgehead atoms. The second kappa shape index (κ2) is 9.61. The van der Waals surface area contributed by atoms with Gasteiger partial charge in [-0.1, -0.05) is 24.3 Å². The minimum absolute atomic E-state index is 0.217. The van der Waals surface area contributed by atoms with Gasteiger partial charge in [-0.25, -0.2) is 19.5 Å². The lowest BCUT2D eigenvalue weighted by Crippen LogP contribution is -2.24. The van der Waals surface area contributed by atoms with E-state index in [9.17, 15) is 18.0 Å². The van der Waals surface area contributed by atoms with Crippen molar-refractivity contribution in [2.24, 2.45) is 0 Å². The Labute approximate surface area is 226 Å². The molecule has 1 aliphatic rings. The van der Waals surface area contributed by atoms with E-state index in [1.165, 1.54) is 17.0 Å². The maximum absolute atomic E-state index is 13.2. The van der Waals surface area contributed by atoms with Crippen LogP contribution in [0.4, 0.5) is 13.2 Å². The number of methoxy groups -OCH3 is 1. The van der Waals surface area contributed by atoms with Gasteiger partial charge in [0.1, 0.15) is 23.5 Å². The molecule has 1 aliphatic carbocycles. The number of hydrogen-bond donors (Lipinski definition) is 0. The second-order valence-electron chi connectivity index (χ2n) is 9.81. The molecule has 12 heteroatoms. The number of benzene rings is 1. The molecule has 0 aliphatic heterocycles. The summed E-state index contributed by atoms with van der Waals surface area (Å²) in [5, 5.41) is 4.73. The van der Waals surface area contributed by atoms with Crippen LogP contribution >= 0.6 is 0 Å². The van der Waals surface area contributed by atoms with Crippen LogP contribution in [0.3, 0.4) is 0 Å². The van der Waals surface area contributed by atoms with Crippen LogP contribution in [0, 0.1) is 0 Å². The molecule has 1 atom stereocenters. The van der Waals surface area contributed by atoms with Crippen LogP contribution in [-0.2, 0) is 12.7 Å². The van der Waals surface area contributed by atoms with Crippen molar-refractivity contribution in [3.05, 3.63) is 82.4 Å². The first-order valence-electron chi connectivity index (χ1n) is 12.9. The fraction of sp³-hybridized carbons (Fsp3) is 0.321. The highest BCUT2D eigenvalue weighted by atomic mass is 19.4. The molecule has 6 rings (SSSR count). The number of rotatable bonds is 7. The van der Waals surface area contributed by atoms with Crippen molar-refractivity contribution in [3.8, 4) is 28.5 Å². The zero-order chi connectivity index (χ0) is 28.2. The van der Waals surface area contributed by atoms with Crippen LogP contribution < -0.4 is 10.3 Å². The van der Waals surface area contributed by atoms with E-state index in [-0.39, 0.29) is 11.4 Å². The average Bonchev–Trinajstić information content (AvgIpc) is 3.55. The highest BCUT2D eigenvalue weighted by molar-refractivity contribution is 5.72. The number of aromatic nitrogens is 7. The molecule has 0 saturated heterocycles. The lowest BCUT2D eigenvalue weighted by atomic mass is 10.1. The summed E-state index contributed by atoms with van der Waals surface area (Å²) in [4.78, 5) is 25.7. The molecule has 40 heavy (non-hydrogen) atoms. The van der Waals surface area contributed by atoms with Gasteiger partial charge in [0, 0.05) is 42.6 Å². The molecule has 4 aromatic heterocycles. The van der Waals surface area contributed by atoms with Gasteiger partial charge in [-0.3, -0.25) is 9.36 Å². The predicted octanol–water partition coefficient (Wildman–Crippen LogP) is 5.35. The molecule has 0 radical (unpaired) electrons. The quantitative estimate of drug-likeness (QED) is 0.272. The van der Waals surface area contributed by atoms with Gasteiger partial charge in [0.15, 0.2) is 5.69 Å². The lowest BCUT2D eigenvalue weighted by Gasteiger charge is -2.17. The van der Waals surface area contributed by atoms with E-state index < -0.39 is 17.9 Å².